The third kappa shape index (κ3) is 17.1. The highest BCUT2D eigenvalue weighted by Gasteiger charge is 2.32. The Morgan fingerprint density at radius 2 is 0.876 bits per heavy atom. The maximum Gasteiger partial charge on any atom is 0.257 e. The van der Waals surface area contributed by atoms with Crippen LogP contribution in [0.5, 0.6) is 5.75 Å². The lowest BCUT2D eigenvalue weighted by Gasteiger charge is -2.32. The van der Waals surface area contributed by atoms with Gasteiger partial charge in [0, 0.05) is 86.7 Å². The lowest BCUT2D eigenvalue weighted by atomic mass is 10.1. The average molecular weight is 1520 g/mol. The number of anilines is 3. The second-order valence-corrected chi connectivity index (χ2v) is 27.4. The Morgan fingerprint density at radius 3 is 1.32 bits per heavy atom. The maximum atomic E-state index is 14.0. The zero-order valence-corrected chi connectivity index (χ0v) is 62.3. The van der Waals surface area contributed by atoms with Gasteiger partial charge in [-0.15, -0.1) is 0 Å². The van der Waals surface area contributed by atoms with E-state index in [9.17, 15) is 37.5 Å². The number of likely N-dealkylation sites (tertiary alicyclic amines) is 3. The first-order valence-corrected chi connectivity index (χ1v) is 36.8. The minimum absolute atomic E-state index is 0.0286. The Morgan fingerprint density at radius 1 is 0.469 bits per heavy atom. The molecule has 3 unspecified atom stereocenters. The van der Waals surface area contributed by atoms with Crippen LogP contribution in [0.1, 0.15) is 110 Å². The molecule has 12 aromatic rings. The molecule has 3 saturated heterocycles. The Labute approximate surface area is 648 Å². The third-order valence-electron chi connectivity index (χ3n) is 20.2. The molecule has 113 heavy (non-hydrogen) atoms. The number of hydrogen-bond donors (Lipinski definition) is 6. The van der Waals surface area contributed by atoms with E-state index >= 15 is 0 Å². The van der Waals surface area contributed by atoms with Gasteiger partial charge in [-0.1, -0.05) is 117 Å². The number of methoxy groups -OCH3 is 1. The number of nitrogen functional groups attached to an aromatic ring is 3. The summed E-state index contributed by atoms with van der Waals surface area (Å²) >= 11 is 0. The van der Waals surface area contributed by atoms with Gasteiger partial charge in [0.2, 0.25) is 17.7 Å². The van der Waals surface area contributed by atoms with Crippen molar-refractivity contribution < 1.29 is 42.3 Å². The largest absolute Gasteiger partial charge is 0.497 e. The second-order valence-electron chi connectivity index (χ2n) is 27.4. The molecular weight excluding hydrogens is 1440 g/mol. The Hall–Kier alpha value is -13.9. The van der Waals surface area contributed by atoms with Crippen LogP contribution in [0.25, 0.3) is 66.9 Å². The Bertz CT molecular complexity index is 5590. The lowest BCUT2D eigenvalue weighted by Crippen LogP contribution is -2.40. The standard InChI is InChI=1S/C28H29N7O3.C28H29N7O2.C27H25F2N7O2/c1-3-23(36)34-13-5-7-21(16-34)35-27-24(26(29)31-17-32-27)25(33-35)19-11-9-18(10-12-19)15-30-28(37)20-6-4-8-22(14-20)38-2;1-3-23(36)34-14-6-8-21(16-34)35-27-24(26(29)31-17-32-27)25(33-35)20-12-10-19(11-13-20)15-30-28(37)22-9-5-4-7-18(22)2;1-2-21(37)35-11-5-8-18(14-35)36-26-23(25(30)32-15-33-26)24(34-36)17-7-3-6-16(12-17)13-31-27(38)22-19(28)9-4-10-20(22)29/h3-4,6,8-12,14,17,21H,1,5,7,13,15-16H2,2H3,(H,30,37)(H2,29,31,32);3-5,7,9-13,17,21H,1,6,8,14-16H2,2H3,(H,30,37)(H2,29,31,32);2-4,6-7,9-10,12,15,18H,1,5,8,11,13-14H2,(H,31,38)(H2,30,32,33). The lowest BCUT2D eigenvalue weighted by molar-refractivity contribution is -0.128. The number of nitrogens with two attached hydrogens (primary N) is 3. The summed E-state index contributed by atoms with van der Waals surface area (Å²) in [6.45, 7) is 17.1. The van der Waals surface area contributed by atoms with Crippen molar-refractivity contribution >= 4 is 86.0 Å². The van der Waals surface area contributed by atoms with E-state index in [2.05, 4.69) is 65.6 Å². The van der Waals surface area contributed by atoms with Gasteiger partial charge >= 0.3 is 0 Å². The Balaban J connectivity index is 0.000000148. The monoisotopic (exact) mass is 1520 g/mol. The van der Waals surface area contributed by atoms with Crippen LogP contribution in [0, 0.1) is 18.6 Å². The molecule has 3 fully saturated rings. The van der Waals surface area contributed by atoms with Gasteiger partial charge in [-0.3, -0.25) is 28.8 Å². The summed E-state index contributed by atoms with van der Waals surface area (Å²) in [6.07, 6.45) is 13.3. The van der Waals surface area contributed by atoms with Crippen LogP contribution in [-0.4, -0.2) is 156 Å². The van der Waals surface area contributed by atoms with Crippen LogP contribution >= 0.6 is 0 Å². The SMILES string of the molecule is C=CC(=O)N1CCCC(n2nc(-c3ccc(CNC(=O)c4cccc(OC)c4)cc3)c3c(N)ncnc32)C1.C=CC(=O)N1CCCC(n2nc(-c3ccc(CNC(=O)c4ccccc4C)cc3)c3c(N)ncnc32)C1.C=CC(=O)N1CCCC(n2nc(-c3cccc(CNC(=O)c4c(F)cccc4F)c3)c3c(N)ncnc32)C1. The number of rotatable bonds is 19. The predicted octanol–water partition coefficient (Wildman–Crippen LogP) is 10.7. The number of amides is 6. The van der Waals surface area contributed by atoms with Crippen LogP contribution < -0.4 is 37.9 Å². The number of nitrogens with one attached hydrogen (secondary N) is 3. The maximum absolute atomic E-state index is 14.0. The summed E-state index contributed by atoms with van der Waals surface area (Å²) in [6, 6.07) is 40.5. The molecular formula is C83H83F2N21O7. The molecule has 3 aliphatic rings. The highest BCUT2D eigenvalue weighted by Crippen LogP contribution is 2.38. The summed E-state index contributed by atoms with van der Waals surface area (Å²) in [5.41, 5.74) is 29.1. The number of fused-ring (bicyclic) bond motifs is 3. The minimum atomic E-state index is -0.931. The molecule has 9 N–H and O–H groups in total. The number of halogens is 2. The predicted molar refractivity (Wildman–Crippen MR) is 425 cm³/mol. The first-order valence-electron chi connectivity index (χ1n) is 36.8. The number of piperidine rings is 3. The number of aryl methyl sites for hydroxylation is 1. The number of aromatic nitrogens is 12. The van der Waals surface area contributed by atoms with Gasteiger partial charge in [-0.05, 0) is 128 Å². The first kappa shape index (κ1) is 77.2. The molecule has 0 bridgehead atoms. The number of carbonyl (C=O) groups is 6. The third-order valence-corrected chi connectivity index (χ3v) is 20.2. The molecule has 6 aromatic heterocycles. The number of benzene rings is 6. The fourth-order valence-corrected chi connectivity index (χ4v) is 14.3. The molecule has 28 nitrogen and oxygen atoms in total. The summed E-state index contributed by atoms with van der Waals surface area (Å²) < 4.78 is 38.7. The summed E-state index contributed by atoms with van der Waals surface area (Å²) in [5.74, 6) is -1.71. The van der Waals surface area contributed by atoms with E-state index < -0.39 is 23.1 Å². The van der Waals surface area contributed by atoms with E-state index in [1.807, 2.05) is 101 Å². The highest BCUT2D eigenvalue weighted by atomic mass is 19.1. The van der Waals surface area contributed by atoms with E-state index in [0.717, 1.165) is 78.5 Å². The quantitative estimate of drug-likeness (QED) is 0.0410. The van der Waals surface area contributed by atoms with Gasteiger partial charge in [0.05, 0.1) is 41.4 Å². The van der Waals surface area contributed by atoms with Crippen molar-refractivity contribution in [3.63, 3.8) is 0 Å². The average Bonchev–Trinajstić information content (AvgIpc) is 1.62. The highest BCUT2D eigenvalue weighted by molar-refractivity contribution is 6.02. The van der Waals surface area contributed by atoms with Gasteiger partial charge in [0.1, 0.15) is 76.5 Å². The van der Waals surface area contributed by atoms with Crippen LogP contribution in [0.3, 0.4) is 0 Å². The molecule has 0 spiro atoms. The molecule has 0 aliphatic carbocycles. The summed E-state index contributed by atoms with van der Waals surface area (Å²) in [5, 5.41) is 25.1. The minimum Gasteiger partial charge on any atom is -0.497 e. The molecule has 0 saturated carbocycles. The normalized spacial score (nSPS) is 15.4. The fraction of sp³-hybridized carbons (Fsp3) is 0.241. The molecule has 15 rings (SSSR count). The van der Waals surface area contributed by atoms with Gasteiger partial charge in [0.25, 0.3) is 17.7 Å². The fourth-order valence-electron chi connectivity index (χ4n) is 14.3. The summed E-state index contributed by atoms with van der Waals surface area (Å²) in [7, 11) is 1.57. The van der Waals surface area contributed by atoms with Crippen molar-refractivity contribution in [3.05, 3.63) is 247 Å². The van der Waals surface area contributed by atoms with Gasteiger partial charge in [-0.25, -0.2) is 52.7 Å². The topological polar surface area (TPSA) is 366 Å². The molecule has 576 valence electrons. The Kier molecular flexibility index (Phi) is 23.8. The van der Waals surface area contributed by atoms with Gasteiger partial charge in [-0.2, -0.15) is 15.3 Å². The molecule has 9 heterocycles. The van der Waals surface area contributed by atoms with E-state index in [4.69, 9.17) is 37.2 Å². The van der Waals surface area contributed by atoms with Crippen molar-refractivity contribution in [2.45, 2.75) is 83.2 Å². The molecule has 6 amide bonds. The first-order chi connectivity index (χ1) is 54.8. The van der Waals surface area contributed by atoms with E-state index in [-0.39, 0.29) is 60.0 Å². The van der Waals surface area contributed by atoms with Crippen molar-refractivity contribution in [1.29, 1.82) is 0 Å². The van der Waals surface area contributed by atoms with Crippen molar-refractivity contribution in [3.8, 4) is 39.5 Å². The number of carbonyl (C=O) groups excluding carboxylic acids is 6. The smallest absolute Gasteiger partial charge is 0.257 e. The molecule has 3 aliphatic heterocycles. The second kappa shape index (κ2) is 34.8. The van der Waals surface area contributed by atoms with Crippen LogP contribution in [0.15, 0.2) is 196 Å². The summed E-state index contributed by atoms with van der Waals surface area (Å²) in [4.78, 5) is 106. The van der Waals surface area contributed by atoms with E-state index in [1.54, 1.807) is 62.9 Å². The number of hydrogen-bond acceptors (Lipinski definition) is 19. The van der Waals surface area contributed by atoms with E-state index in [1.165, 1.54) is 43.3 Å². The zero-order chi connectivity index (χ0) is 79.4. The molecule has 30 heteroatoms. The molecule has 3 atom stereocenters. The van der Waals surface area contributed by atoms with Crippen LogP contribution in [0.4, 0.5) is 26.2 Å². The van der Waals surface area contributed by atoms with Crippen LogP contribution in [-0.2, 0) is 34.0 Å². The van der Waals surface area contributed by atoms with Crippen molar-refractivity contribution in [1.82, 2.24) is 89.9 Å². The number of ether oxygens (including phenoxy) is 1. The molecule has 0 radical (unpaired) electrons. The van der Waals surface area contributed by atoms with Crippen molar-refractivity contribution in [2.75, 3.05) is 63.6 Å². The number of nitrogens with zero attached hydrogens (tertiary/aromatic N) is 15. The van der Waals surface area contributed by atoms with E-state index in [0.29, 0.717) is 142 Å². The van der Waals surface area contributed by atoms with Gasteiger partial charge < -0.3 is 52.6 Å². The van der Waals surface area contributed by atoms with Crippen molar-refractivity contribution in [2.24, 2.45) is 0 Å². The zero-order valence-electron chi connectivity index (χ0n) is 62.3. The molecule has 6 aromatic carbocycles. The van der Waals surface area contributed by atoms with Crippen LogP contribution in [0.2, 0.25) is 0 Å². The van der Waals surface area contributed by atoms with Gasteiger partial charge in [0.15, 0.2) is 16.9 Å².